The molecule has 0 amide bonds. The van der Waals surface area contributed by atoms with Crippen molar-refractivity contribution in [3.05, 3.63) is 12.2 Å². The minimum Gasteiger partial charge on any atom is -0.303 e. The molecule has 1 nitrogen and oxygen atoms in total. The predicted octanol–water partition coefficient (Wildman–Crippen LogP) is 4.76. The largest absolute Gasteiger partial charge is 0.303 e. The van der Waals surface area contributed by atoms with Gasteiger partial charge in [-0.1, -0.05) is 58.6 Å². The molecule has 0 saturated carbocycles. The summed E-state index contributed by atoms with van der Waals surface area (Å²) in [6, 6.07) is 0. The zero-order valence-electron chi connectivity index (χ0n) is 11.3. The van der Waals surface area contributed by atoms with Crippen molar-refractivity contribution in [3.8, 4) is 0 Å². The molecule has 0 aromatic carbocycles. The molecule has 0 spiro atoms. The number of hydrogen-bond acceptors (Lipinski definition) is 1. The maximum absolute atomic E-state index is 10.3. The highest BCUT2D eigenvalue weighted by molar-refractivity contribution is 5.53. The quantitative estimate of drug-likeness (QED) is 0.386. The van der Waals surface area contributed by atoms with Gasteiger partial charge in [-0.15, -0.1) is 0 Å². The van der Waals surface area contributed by atoms with Gasteiger partial charge in [-0.25, -0.2) is 0 Å². The number of rotatable bonds is 10. The first kappa shape index (κ1) is 15.4. The summed E-state index contributed by atoms with van der Waals surface area (Å²) in [4.78, 5) is 10.3. The molecule has 0 heterocycles. The lowest BCUT2D eigenvalue weighted by atomic mass is 9.94. The summed E-state index contributed by atoms with van der Waals surface area (Å²) in [6.45, 7) is 10.8. The average Bonchev–Trinajstić information content (AvgIpc) is 2.17. The highest BCUT2D eigenvalue weighted by atomic mass is 16.1. The summed E-state index contributed by atoms with van der Waals surface area (Å²) in [6.07, 6.45) is 9.03. The van der Waals surface area contributed by atoms with Crippen molar-refractivity contribution in [1.82, 2.24) is 0 Å². The highest BCUT2D eigenvalue weighted by Crippen LogP contribution is 2.19. The number of hydrogen-bond donors (Lipinski definition) is 0. The molecule has 0 aliphatic rings. The second kappa shape index (κ2) is 9.62. The van der Waals surface area contributed by atoms with Gasteiger partial charge in [-0.05, 0) is 24.7 Å². The van der Waals surface area contributed by atoms with Crippen LogP contribution in [0, 0.1) is 11.8 Å². The zero-order chi connectivity index (χ0) is 12.4. The Balaban J connectivity index is 3.39. The van der Waals surface area contributed by atoms with Gasteiger partial charge in [0, 0.05) is 6.42 Å². The summed E-state index contributed by atoms with van der Waals surface area (Å²) in [5.74, 6) is 1.65. The van der Waals surface area contributed by atoms with E-state index in [1.54, 1.807) is 0 Å². The van der Waals surface area contributed by atoms with E-state index in [0.29, 0.717) is 6.42 Å². The van der Waals surface area contributed by atoms with E-state index in [-0.39, 0.29) is 0 Å². The second-order valence-electron chi connectivity index (χ2n) is 5.44. The molecule has 0 aliphatic heterocycles. The van der Waals surface area contributed by atoms with Crippen LogP contribution in [-0.2, 0) is 4.79 Å². The fourth-order valence-corrected chi connectivity index (χ4v) is 1.94. The van der Waals surface area contributed by atoms with Crippen molar-refractivity contribution in [2.75, 3.05) is 0 Å². The monoisotopic (exact) mass is 224 g/mol. The topological polar surface area (TPSA) is 17.1 Å². The molecule has 1 unspecified atom stereocenters. The third kappa shape index (κ3) is 9.95. The first-order chi connectivity index (χ1) is 7.56. The summed E-state index contributed by atoms with van der Waals surface area (Å²) < 4.78 is 0. The van der Waals surface area contributed by atoms with Crippen molar-refractivity contribution in [1.29, 1.82) is 0 Å². The van der Waals surface area contributed by atoms with Gasteiger partial charge >= 0.3 is 0 Å². The SMILES string of the molecule is C=C(CC=O)CCCC(C)CCCC(C)C. The van der Waals surface area contributed by atoms with Gasteiger partial charge in [0.05, 0.1) is 0 Å². The second-order valence-corrected chi connectivity index (χ2v) is 5.44. The third-order valence-corrected chi connectivity index (χ3v) is 3.08. The van der Waals surface area contributed by atoms with E-state index in [1.807, 2.05) is 0 Å². The van der Waals surface area contributed by atoms with Gasteiger partial charge in [0.25, 0.3) is 0 Å². The van der Waals surface area contributed by atoms with Crippen LogP contribution < -0.4 is 0 Å². The molecule has 1 heteroatoms. The van der Waals surface area contributed by atoms with Crippen LogP contribution in [0.15, 0.2) is 12.2 Å². The number of carbonyl (C=O) groups is 1. The third-order valence-electron chi connectivity index (χ3n) is 3.08. The Bertz CT molecular complexity index is 194. The average molecular weight is 224 g/mol. The first-order valence-electron chi connectivity index (χ1n) is 6.66. The molecule has 1 atom stereocenters. The summed E-state index contributed by atoms with van der Waals surface area (Å²) >= 11 is 0. The van der Waals surface area contributed by atoms with E-state index in [0.717, 1.165) is 30.1 Å². The molecule has 0 radical (unpaired) electrons. The van der Waals surface area contributed by atoms with Crippen LogP contribution in [0.2, 0.25) is 0 Å². The Morgan fingerprint density at radius 1 is 1.12 bits per heavy atom. The molecular formula is C15H28O. The fraction of sp³-hybridized carbons (Fsp3) is 0.800. The Morgan fingerprint density at radius 2 is 1.75 bits per heavy atom. The van der Waals surface area contributed by atoms with E-state index >= 15 is 0 Å². The smallest absolute Gasteiger partial charge is 0.124 e. The van der Waals surface area contributed by atoms with Crippen LogP contribution in [0.25, 0.3) is 0 Å². The molecule has 16 heavy (non-hydrogen) atoms. The van der Waals surface area contributed by atoms with Crippen LogP contribution >= 0.6 is 0 Å². The molecule has 0 rings (SSSR count). The summed E-state index contributed by atoms with van der Waals surface area (Å²) in [5, 5.41) is 0. The first-order valence-corrected chi connectivity index (χ1v) is 6.66. The van der Waals surface area contributed by atoms with Crippen molar-refractivity contribution in [3.63, 3.8) is 0 Å². The highest BCUT2D eigenvalue weighted by Gasteiger charge is 2.03. The van der Waals surface area contributed by atoms with Gasteiger partial charge in [-0.3, -0.25) is 0 Å². The number of aldehydes is 1. The van der Waals surface area contributed by atoms with Crippen LogP contribution in [0.4, 0.5) is 0 Å². The molecule has 0 fully saturated rings. The van der Waals surface area contributed by atoms with Crippen molar-refractivity contribution in [2.45, 2.75) is 65.7 Å². The molecule has 0 aromatic heterocycles. The maximum atomic E-state index is 10.3. The molecule has 0 aliphatic carbocycles. The van der Waals surface area contributed by atoms with E-state index in [1.165, 1.54) is 32.1 Å². The lowest BCUT2D eigenvalue weighted by Crippen LogP contribution is -1.97. The van der Waals surface area contributed by atoms with Crippen molar-refractivity contribution >= 4 is 6.29 Å². The van der Waals surface area contributed by atoms with E-state index < -0.39 is 0 Å². The number of carbonyl (C=O) groups excluding carboxylic acids is 1. The zero-order valence-corrected chi connectivity index (χ0v) is 11.3. The summed E-state index contributed by atoms with van der Waals surface area (Å²) in [5.41, 5.74) is 1.09. The molecule has 94 valence electrons. The van der Waals surface area contributed by atoms with Gasteiger partial charge in [-0.2, -0.15) is 0 Å². The van der Waals surface area contributed by atoms with E-state index in [4.69, 9.17) is 0 Å². The molecule has 0 saturated heterocycles. The van der Waals surface area contributed by atoms with Crippen molar-refractivity contribution in [2.24, 2.45) is 11.8 Å². The normalized spacial score (nSPS) is 12.8. The van der Waals surface area contributed by atoms with Crippen molar-refractivity contribution < 1.29 is 4.79 Å². The lowest BCUT2D eigenvalue weighted by molar-refractivity contribution is -0.107. The lowest BCUT2D eigenvalue weighted by Gasteiger charge is -2.12. The maximum Gasteiger partial charge on any atom is 0.124 e. The minimum atomic E-state index is 0.543. The van der Waals surface area contributed by atoms with Gasteiger partial charge in [0.2, 0.25) is 0 Å². The Hall–Kier alpha value is -0.590. The molecule has 0 N–H and O–H groups in total. The van der Waals surface area contributed by atoms with E-state index in [2.05, 4.69) is 27.4 Å². The van der Waals surface area contributed by atoms with Crippen LogP contribution in [0.1, 0.15) is 65.7 Å². The molecule has 0 bridgehead atoms. The van der Waals surface area contributed by atoms with Gasteiger partial charge in [0.15, 0.2) is 0 Å². The van der Waals surface area contributed by atoms with Crippen LogP contribution in [0.5, 0.6) is 0 Å². The van der Waals surface area contributed by atoms with E-state index in [9.17, 15) is 4.79 Å². The minimum absolute atomic E-state index is 0.543. The predicted molar refractivity (Wildman–Crippen MR) is 71.5 cm³/mol. The van der Waals surface area contributed by atoms with Crippen LogP contribution in [0.3, 0.4) is 0 Å². The molecule has 0 aromatic rings. The summed E-state index contributed by atoms with van der Waals surface area (Å²) in [7, 11) is 0. The van der Waals surface area contributed by atoms with Crippen LogP contribution in [-0.4, -0.2) is 6.29 Å². The Kier molecular flexibility index (Phi) is 9.27. The molecular weight excluding hydrogens is 196 g/mol. The number of allylic oxidation sites excluding steroid dienone is 1. The fourth-order valence-electron chi connectivity index (χ4n) is 1.94. The Labute approximate surface area is 101 Å². The Morgan fingerprint density at radius 3 is 2.31 bits per heavy atom. The van der Waals surface area contributed by atoms with Gasteiger partial charge in [0.1, 0.15) is 6.29 Å². The standard InChI is InChI=1S/C15H28O/c1-13(2)7-5-8-14(3)9-6-10-15(4)11-12-16/h12-14H,4-11H2,1-3H3. The van der Waals surface area contributed by atoms with Gasteiger partial charge < -0.3 is 4.79 Å².